The SMILES string of the molecule is OB(O)c1c(F)cc(CBr)cc1Cl. The van der Waals surface area contributed by atoms with Crippen molar-refractivity contribution in [3.05, 3.63) is 28.5 Å². The van der Waals surface area contributed by atoms with E-state index in [2.05, 4.69) is 15.9 Å². The maximum Gasteiger partial charge on any atom is 0.492 e. The van der Waals surface area contributed by atoms with Crippen molar-refractivity contribution in [3.8, 4) is 0 Å². The Labute approximate surface area is 88.6 Å². The summed E-state index contributed by atoms with van der Waals surface area (Å²) in [6, 6.07) is 2.68. The third-order valence-electron chi connectivity index (χ3n) is 1.55. The third-order valence-corrected chi connectivity index (χ3v) is 2.51. The van der Waals surface area contributed by atoms with Gasteiger partial charge in [0.05, 0.1) is 0 Å². The molecule has 13 heavy (non-hydrogen) atoms. The monoisotopic (exact) mass is 266 g/mol. The summed E-state index contributed by atoms with van der Waals surface area (Å²) in [6.45, 7) is 0. The molecule has 1 rings (SSSR count). The molecule has 0 fully saturated rings. The second-order valence-corrected chi connectivity index (χ2v) is 3.45. The van der Waals surface area contributed by atoms with Crippen molar-refractivity contribution in [1.29, 1.82) is 0 Å². The molecule has 0 aliphatic carbocycles. The number of alkyl halides is 1. The van der Waals surface area contributed by atoms with Gasteiger partial charge in [0.15, 0.2) is 0 Å². The van der Waals surface area contributed by atoms with Crippen molar-refractivity contribution in [2.45, 2.75) is 5.33 Å². The molecule has 0 radical (unpaired) electrons. The van der Waals surface area contributed by atoms with Gasteiger partial charge in [0.2, 0.25) is 0 Å². The topological polar surface area (TPSA) is 40.5 Å². The molecule has 0 aliphatic heterocycles. The molecule has 0 spiro atoms. The lowest BCUT2D eigenvalue weighted by Crippen LogP contribution is -2.33. The summed E-state index contributed by atoms with van der Waals surface area (Å²) >= 11 is 8.76. The van der Waals surface area contributed by atoms with Crippen molar-refractivity contribution in [2.24, 2.45) is 0 Å². The standard InChI is InChI=1S/C7H6BBrClFO2/c9-3-4-1-5(10)7(8(12)13)6(11)2-4/h1-2,12-13H,3H2. The van der Waals surface area contributed by atoms with Gasteiger partial charge in [-0.1, -0.05) is 27.5 Å². The van der Waals surface area contributed by atoms with Gasteiger partial charge >= 0.3 is 7.12 Å². The molecule has 0 unspecified atom stereocenters. The number of halogens is 3. The zero-order valence-electron chi connectivity index (χ0n) is 6.47. The molecule has 0 heterocycles. The summed E-state index contributed by atoms with van der Waals surface area (Å²) in [6.07, 6.45) is 0. The second kappa shape index (κ2) is 4.42. The summed E-state index contributed by atoms with van der Waals surface area (Å²) in [5.41, 5.74) is 0.360. The quantitative estimate of drug-likeness (QED) is 0.621. The van der Waals surface area contributed by atoms with Crippen LogP contribution in [0.25, 0.3) is 0 Å². The minimum Gasteiger partial charge on any atom is -0.423 e. The molecule has 2 nitrogen and oxygen atoms in total. The largest absolute Gasteiger partial charge is 0.492 e. The fourth-order valence-corrected chi connectivity index (χ4v) is 1.61. The van der Waals surface area contributed by atoms with Crippen LogP contribution in [0.15, 0.2) is 12.1 Å². The summed E-state index contributed by atoms with van der Waals surface area (Å²) < 4.78 is 13.1. The average Bonchev–Trinajstić information content (AvgIpc) is 2.02. The van der Waals surface area contributed by atoms with E-state index in [0.717, 1.165) is 0 Å². The maximum absolute atomic E-state index is 13.1. The Hall–Kier alpha value is -0.0951. The highest BCUT2D eigenvalue weighted by Crippen LogP contribution is 2.14. The van der Waals surface area contributed by atoms with Gasteiger partial charge in [-0.15, -0.1) is 0 Å². The molecule has 70 valence electrons. The molecule has 0 saturated heterocycles. The highest BCUT2D eigenvalue weighted by atomic mass is 79.9. The minimum atomic E-state index is -1.88. The Kier molecular flexibility index (Phi) is 3.73. The molecule has 1 aromatic rings. The fraction of sp³-hybridized carbons (Fsp3) is 0.143. The lowest BCUT2D eigenvalue weighted by Gasteiger charge is -2.06. The van der Waals surface area contributed by atoms with Crippen LogP contribution in [0.2, 0.25) is 5.02 Å². The van der Waals surface area contributed by atoms with E-state index in [-0.39, 0.29) is 10.5 Å². The van der Waals surface area contributed by atoms with Crippen molar-refractivity contribution < 1.29 is 14.4 Å². The summed E-state index contributed by atoms with van der Waals surface area (Å²) in [4.78, 5) is 0. The van der Waals surface area contributed by atoms with E-state index in [9.17, 15) is 4.39 Å². The Morgan fingerprint density at radius 2 is 2.08 bits per heavy atom. The highest BCUT2D eigenvalue weighted by Gasteiger charge is 2.20. The minimum absolute atomic E-state index is 0.0180. The van der Waals surface area contributed by atoms with Crippen LogP contribution >= 0.6 is 27.5 Å². The van der Waals surface area contributed by atoms with Gasteiger partial charge in [0.25, 0.3) is 0 Å². The van der Waals surface area contributed by atoms with E-state index in [1.165, 1.54) is 12.1 Å². The third kappa shape index (κ3) is 2.43. The molecular formula is C7H6BBrClFO2. The number of hydrogen-bond acceptors (Lipinski definition) is 2. The van der Waals surface area contributed by atoms with Gasteiger partial charge in [0, 0.05) is 15.8 Å². The Bertz CT molecular complexity index is 298. The predicted octanol–water partition coefficient (Wildman–Crippen LogP) is 1.05. The van der Waals surface area contributed by atoms with Crippen molar-refractivity contribution >= 4 is 40.1 Å². The van der Waals surface area contributed by atoms with Crippen molar-refractivity contribution in [3.63, 3.8) is 0 Å². The van der Waals surface area contributed by atoms with Crippen LogP contribution in [0.4, 0.5) is 4.39 Å². The zero-order chi connectivity index (χ0) is 10.0. The molecule has 0 atom stereocenters. The van der Waals surface area contributed by atoms with Crippen LogP contribution in [0, 0.1) is 5.82 Å². The zero-order valence-corrected chi connectivity index (χ0v) is 8.81. The van der Waals surface area contributed by atoms with E-state index in [1.54, 1.807) is 0 Å². The van der Waals surface area contributed by atoms with E-state index in [1.807, 2.05) is 0 Å². The van der Waals surface area contributed by atoms with Gasteiger partial charge in [-0.2, -0.15) is 0 Å². The average molecular weight is 267 g/mol. The van der Waals surface area contributed by atoms with Gasteiger partial charge in [-0.3, -0.25) is 0 Å². The molecule has 0 bridgehead atoms. The first-order valence-corrected chi connectivity index (χ1v) is 4.96. The van der Waals surface area contributed by atoms with Crippen LogP contribution < -0.4 is 5.46 Å². The van der Waals surface area contributed by atoms with Crippen LogP contribution in [-0.2, 0) is 5.33 Å². The molecule has 0 aromatic heterocycles. The van der Waals surface area contributed by atoms with E-state index < -0.39 is 12.9 Å². The summed E-state index contributed by atoms with van der Waals surface area (Å²) in [5, 5.41) is 18.0. The molecule has 1 aromatic carbocycles. The normalized spacial score (nSPS) is 10.2. The van der Waals surface area contributed by atoms with Crippen LogP contribution in [0.3, 0.4) is 0 Å². The molecule has 0 aliphatic rings. The molecule has 0 saturated carbocycles. The Morgan fingerprint density at radius 1 is 1.46 bits per heavy atom. The summed E-state index contributed by atoms with van der Waals surface area (Å²) in [5.74, 6) is -0.711. The van der Waals surface area contributed by atoms with Crippen LogP contribution in [0.1, 0.15) is 5.56 Å². The van der Waals surface area contributed by atoms with Gasteiger partial charge in [-0.05, 0) is 17.7 Å². The lowest BCUT2D eigenvalue weighted by molar-refractivity contribution is 0.423. The van der Waals surface area contributed by atoms with E-state index in [0.29, 0.717) is 10.9 Å². The van der Waals surface area contributed by atoms with Gasteiger partial charge in [0.1, 0.15) is 5.82 Å². The van der Waals surface area contributed by atoms with Crippen LogP contribution in [-0.4, -0.2) is 17.2 Å². The van der Waals surface area contributed by atoms with Crippen molar-refractivity contribution in [1.82, 2.24) is 0 Å². The molecule has 2 N–H and O–H groups in total. The van der Waals surface area contributed by atoms with Gasteiger partial charge in [-0.25, -0.2) is 4.39 Å². The number of rotatable bonds is 2. The lowest BCUT2D eigenvalue weighted by atomic mass is 9.79. The smallest absolute Gasteiger partial charge is 0.423 e. The second-order valence-electron chi connectivity index (χ2n) is 2.48. The Balaban J connectivity index is 3.23. The fourth-order valence-electron chi connectivity index (χ4n) is 0.961. The summed E-state index contributed by atoms with van der Waals surface area (Å²) in [7, 11) is -1.88. The van der Waals surface area contributed by atoms with Gasteiger partial charge < -0.3 is 10.0 Å². The highest BCUT2D eigenvalue weighted by molar-refractivity contribution is 9.08. The first-order chi connectivity index (χ1) is 6.06. The maximum atomic E-state index is 13.1. The Morgan fingerprint density at radius 3 is 2.46 bits per heavy atom. The van der Waals surface area contributed by atoms with Crippen LogP contribution in [0.5, 0.6) is 0 Å². The molecule has 6 heteroatoms. The molecule has 0 amide bonds. The van der Waals surface area contributed by atoms with E-state index in [4.69, 9.17) is 21.6 Å². The predicted molar refractivity (Wildman–Crippen MR) is 53.9 cm³/mol. The number of hydrogen-bond donors (Lipinski definition) is 2. The number of benzene rings is 1. The van der Waals surface area contributed by atoms with Crippen molar-refractivity contribution in [2.75, 3.05) is 0 Å². The molecular weight excluding hydrogens is 261 g/mol. The van der Waals surface area contributed by atoms with E-state index >= 15 is 0 Å². The first-order valence-electron chi connectivity index (χ1n) is 3.46. The first kappa shape index (κ1) is 11.0.